The maximum Gasteiger partial charge on any atom is 0.287 e. The molecule has 1 atom stereocenters. The molecule has 0 saturated carbocycles. The first kappa shape index (κ1) is 17.8. The largest absolute Gasteiger partial charge is 0.487 e. The van der Waals surface area contributed by atoms with E-state index in [9.17, 15) is 4.79 Å². The summed E-state index contributed by atoms with van der Waals surface area (Å²) in [6.45, 7) is 6.13. The van der Waals surface area contributed by atoms with Crippen LogP contribution in [-0.4, -0.2) is 11.5 Å². The molecule has 4 heteroatoms. The third-order valence-corrected chi connectivity index (χ3v) is 5.58. The van der Waals surface area contributed by atoms with Crippen molar-refractivity contribution in [1.82, 2.24) is 5.32 Å². The zero-order valence-electron chi connectivity index (χ0n) is 16.8. The number of benzene rings is 3. The first-order chi connectivity index (χ1) is 13.9. The van der Waals surface area contributed by atoms with Crippen LogP contribution in [-0.2, 0) is 0 Å². The van der Waals surface area contributed by atoms with Gasteiger partial charge >= 0.3 is 0 Å². The molecule has 0 radical (unpaired) electrons. The van der Waals surface area contributed by atoms with Crippen molar-refractivity contribution in [3.63, 3.8) is 0 Å². The quantitative estimate of drug-likeness (QED) is 0.465. The van der Waals surface area contributed by atoms with Crippen molar-refractivity contribution in [3.05, 3.63) is 77.6 Å². The van der Waals surface area contributed by atoms with Gasteiger partial charge in [-0.25, -0.2) is 0 Å². The Bertz CT molecular complexity index is 1250. The van der Waals surface area contributed by atoms with E-state index in [2.05, 4.69) is 23.5 Å². The van der Waals surface area contributed by atoms with Crippen molar-refractivity contribution < 1.29 is 13.9 Å². The fourth-order valence-electron chi connectivity index (χ4n) is 4.24. The average molecular weight is 385 g/mol. The van der Waals surface area contributed by atoms with Gasteiger partial charge in [0.1, 0.15) is 16.9 Å². The van der Waals surface area contributed by atoms with Gasteiger partial charge in [0.15, 0.2) is 5.76 Å². The van der Waals surface area contributed by atoms with Gasteiger partial charge < -0.3 is 14.5 Å². The lowest BCUT2D eigenvalue weighted by molar-refractivity contribution is 0.0611. The Labute approximate surface area is 169 Å². The minimum absolute atomic E-state index is 0.133. The van der Waals surface area contributed by atoms with Crippen molar-refractivity contribution in [2.24, 2.45) is 0 Å². The molecule has 1 unspecified atom stereocenters. The van der Waals surface area contributed by atoms with Crippen molar-refractivity contribution in [2.45, 2.75) is 38.8 Å². The highest BCUT2D eigenvalue weighted by Crippen LogP contribution is 2.40. The van der Waals surface area contributed by atoms with E-state index >= 15 is 0 Å². The van der Waals surface area contributed by atoms with E-state index < -0.39 is 0 Å². The summed E-state index contributed by atoms with van der Waals surface area (Å²) in [5, 5.41) is 6.34. The van der Waals surface area contributed by atoms with E-state index in [0.29, 0.717) is 12.2 Å². The predicted molar refractivity (Wildman–Crippen MR) is 114 cm³/mol. The van der Waals surface area contributed by atoms with E-state index in [1.165, 1.54) is 0 Å². The van der Waals surface area contributed by atoms with Gasteiger partial charge in [0, 0.05) is 17.4 Å². The maximum absolute atomic E-state index is 13.1. The lowest BCUT2D eigenvalue weighted by Gasteiger charge is -2.38. The number of carbonyl (C=O) groups excluding carboxylic acids is 1. The molecule has 0 aliphatic carbocycles. The molecular formula is C25H23NO3. The number of aryl methyl sites for hydroxylation is 1. The zero-order valence-corrected chi connectivity index (χ0v) is 16.8. The number of carbonyl (C=O) groups is 1. The molecule has 0 saturated heterocycles. The molecular weight excluding hydrogens is 362 g/mol. The molecule has 29 heavy (non-hydrogen) atoms. The van der Waals surface area contributed by atoms with Gasteiger partial charge in [0.25, 0.3) is 5.91 Å². The Morgan fingerprint density at radius 2 is 1.86 bits per heavy atom. The minimum atomic E-state index is -0.357. The fraction of sp³-hybridized carbons (Fsp3) is 0.240. The molecule has 1 aliphatic rings. The Hall–Kier alpha value is -3.27. The Kier molecular flexibility index (Phi) is 3.91. The molecule has 4 aromatic rings. The maximum atomic E-state index is 13.1. The summed E-state index contributed by atoms with van der Waals surface area (Å²) < 4.78 is 12.0. The summed E-state index contributed by atoms with van der Waals surface area (Å²) in [5.41, 5.74) is 2.52. The standard InChI is InChI=1S/C25H23NO3/c1-15-8-10-22-19(12-15)20(14-25(2,3)29-22)26-24(27)23-13-18-17-7-5-4-6-16(17)9-11-21(18)28-23/h4-13,20H,14H2,1-3H3,(H,26,27). The number of furan rings is 1. The number of hydrogen-bond acceptors (Lipinski definition) is 3. The van der Waals surface area contributed by atoms with Gasteiger partial charge in [-0.05, 0) is 49.7 Å². The third kappa shape index (κ3) is 3.15. The van der Waals surface area contributed by atoms with Crippen LogP contribution in [0.3, 0.4) is 0 Å². The lowest BCUT2D eigenvalue weighted by Crippen LogP contribution is -2.41. The molecule has 146 valence electrons. The molecule has 1 amide bonds. The van der Waals surface area contributed by atoms with E-state index in [0.717, 1.165) is 38.6 Å². The SMILES string of the molecule is Cc1ccc2c(c1)C(NC(=O)c1cc3c(ccc4ccccc43)o1)CC(C)(C)O2. The molecule has 2 heterocycles. The van der Waals surface area contributed by atoms with Gasteiger partial charge in [-0.15, -0.1) is 0 Å². The highest BCUT2D eigenvalue weighted by Gasteiger charge is 2.35. The lowest BCUT2D eigenvalue weighted by atomic mass is 9.89. The number of fused-ring (bicyclic) bond motifs is 4. The summed E-state index contributed by atoms with van der Waals surface area (Å²) in [4.78, 5) is 13.1. The summed E-state index contributed by atoms with van der Waals surface area (Å²) in [6.07, 6.45) is 0.693. The van der Waals surface area contributed by atoms with Crippen molar-refractivity contribution in [3.8, 4) is 5.75 Å². The number of hydrogen-bond donors (Lipinski definition) is 1. The molecule has 1 N–H and O–H groups in total. The highest BCUT2D eigenvalue weighted by atomic mass is 16.5. The zero-order chi connectivity index (χ0) is 20.2. The first-order valence-corrected chi connectivity index (χ1v) is 9.91. The van der Waals surface area contributed by atoms with Gasteiger partial charge in [-0.3, -0.25) is 4.79 Å². The van der Waals surface area contributed by atoms with Crippen molar-refractivity contribution in [1.29, 1.82) is 0 Å². The van der Waals surface area contributed by atoms with E-state index in [-0.39, 0.29) is 17.6 Å². The molecule has 1 aromatic heterocycles. The van der Waals surface area contributed by atoms with Crippen LogP contribution in [0.4, 0.5) is 0 Å². The smallest absolute Gasteiger partial charge is 0.287 e. The Balaban J connectivity index is 1.50. The number of amides is 1. The fourth-order valence-corrected chi connectivity index (χ4v) is 4.24. The molecule has 3 aromatic carbocycles. The molecule has 0 spiro atoms. The summed E-state index contributed by atoms with van der Waals surface area (Å²) >= 11 is 0. The molecule has 0 fully saturated rings. The van der Waals surface area contributed by atoms with Crippen LogP contribution in [0.2, 0.25) is 0 Å². The Morgan fingerprint density at radius 3 is 2.72 bits per heavy atom. The van der Waals surface area contributed by atoms with Gasteiger partial charge in [0.05, 0.1) is 6.04 Å². The molecule has 1 aliphatic heterocycles. The van der Waals surface area contributed by atoms with E-state index in [1.54, 1.807) is 0 Å². The second kappa shape index (κ2) is 6.38. The van der Waals surface area contributed by atoms with Gasteiger partial charge in [0.2, 0.25) is 0 Å². The van der Waals surface area contributed by atoms with Crippen LogP contribution in [0.25, 0.3) is 21.7 Å². The van der Waals surface area contributed by atoms with Crippen molar-refractivity contribution >= 4 is 27.6 Å². The highest BCUT2D eigenvalue weighted by molar-refractivity contribution is 6.08. The normalized spacial score (nSPS) is 17.7. The minimum Gasteiger partial charge on any atom is -0.487 e. The van der Waals surface area contributed by atoms with Crippen LogP contribution in [0.15, 0.2) is 65.1 Å². The monoisotopic (exact) mass is 385 g/mol. The number of rotatable bonds is 2. The second-order valence-corrected chi connectivity index (χ2v) is 8.44. The van der Waals surface area contributed by atoms with Crippen LogP contribution in [0.5, 0.6) is 5.75 Å². The van der Waals surface area contributed by atoms with Crippen LogP contribution in [0, 0.1) is 6.92 Å². The second-order valence-electron chi connectivity index (χ2n) is 8.44. The average Bonchev–Trinajstić information content (AvgIpc) is 3.13. The Morgan fingerprint density at radius 1 is 1.03 bits per heavy atom. The summed E-state index contributed by atoms with van der Waals surface area (Å²) in [5.74, 6) is 0.947. The molecule has 0 bridgehead atoms. The van der Waals surface area contributed by atoms with Gasteiger partial charge in [-0.2, -0.15) is 0 Å². The van der Waals surface area contributed by atoms with Crippen LogP contribution < -0.4 is 10.1 Å². The van der Waals surface area contributed by atoms with Crippen LogP contribution >= 0.6 is 0 Å². The van der Waals surface area contributed by atoms with Gasteiger partial charge in [-0.1, -0.05) is 48.0 Å². The summed E-state index contributed by atoms with van der Waals surface area (Å²) in [7, 11) is 0. The van der Waals surface area contributed by atoms with Crippen molar-refractivity contribution in [2.75, 3.05) is 0 Å². The topological polar surface area (TPSA) is 51.5 Å². The van der Waals surface area contributed by atoms with E-state index in [1.807, 2.05) is 63.2 Å². The molecule has 5 rings (SSSR count). The summed E-state index contributed by atoms with van der Waals surface area (Å²) in [6, 6.07) is 19.9. The van der Waals surface area contributed by atoms with Crippen LogP contribution in [0.1, 0.15) is 48.0 Å². The molecule has 4 nitrogen and oxygen atoms in total. The number of nitrogens with one attached hydrogen (secondary N) is 1. The predicted octanol–water partition coefficient (Wildman–Crippen LogP) is 5.93. The third-order valence-electron chi connectivity index (χ3n) is 5.58. The van der Waals surface area contributed by atoms with E-state index in [4.69, 9.17) is 9.15 Å². The first-order valence-electron chi connectivity index (χ1n) is 9.91. The number of ether oxygens (including phenoxy) is 1.